The van der Waals surface area contributed by atoms with E-state index in [-0.39, 0.29) is 17.2 Å². The molecule has 1 aromatic heterocycles. The fraction of sp³-hybridized carbons (Fsp3) is 0.333. The maximum atomic E-state index is 11.7. The smallest absolute Gasteiger partial charge is 0.337 e. The van der Waals surface area contributed by atoms with E-state index in [9.17, 15) is 14.4 Å². The van der Waals surface area contributed by atoms with E-state index in [2.05, 4.69) is 15.6 Å². The van der Waals surface area contributed by atoms with Crippen molar-refractivity contribution in [1.82, 2.24) is 15.2 Å². The summed E-state index contributed by atoms with van der Waals surface area (Å²) in [5, 5.41) is 13.8. The lowest BCUT2D eigenvalue weighted by Gasteiger charge is -2.13. The fourth-order valence-electron chi connectivity index (χ4n) is 1.91. The van der Waals surface area contributed by atoms with Gasteiger partial charge in [0.05, 0.1) is 17.4 Å². The number of carbonyl (C=O) groups is 3. The van der Waals surface area contributed by atoms with Crippen LogP contribution >= 0.6 is 0 Å². The fourth-order valence-corrected chi connectivity index (χ4v) is 1.91. The van der Waals surface area contributed by atoms with Gasteiger partial charge in [0.2, 0.25) is 5.91 Å². The van der Waals surface area contributed by atoms with Gasteiger partial charge in [-0.3, -0.25) is 9.78 Å². The third kappa shape index (κ3) is 3.02. The van der Waals surface area contributed by atoms with Gasteiger partial charge in [0.15, 0.2) is 0 Å². The number of carbonyl (C=O) groups excluding carboxylic acids is 2. The Morgan fingerprint density at radius 2 is 2.20 bits per heavy atom. The quantitative estimate of drug-likeness (QED) is 0.727. The Labute approximate surface area is 114 Å². The molecule has 106 valence electrons. The third-order valence-corrected chi connectivity index (χ3v) is 2.98. The number of anilines is 1. The van der Waals surface area contributed by atoms with Crippen LogP contribution in [0.3, 0.4) is 0 Å². The van der Waals surface area contributed by atoms with Crippen LogP contribution in [0.15, 0.2) is 18.5 Å². The lowest BCUT2D eigenvalue weighted by atomic mass is 10.2. The van der Waals surface area contributed by atoms with Crippen LogP contribution in [0.1, 0.15) is 16.8 Å². The van der Waals surface area contributed by atoms with E-state index in [1.54, 1.807) is 7.05 Å². The van der Waals surface area contributed by atoms with Crippen LogP contribution in [0.25, 0.3) is 0 Å². The lowest BCUT2D eigenvalue weighted by molar-refractivity contribution is -0.128. The molecule has 1 aliphatic heterocycles. The van der Waals surface area contributed by atoms with Crippen molar-refractivity contribution in [3.63, 3.8) is 0 Å². The van der Waals surface area contributed by atoms with Crippen molar-refractivity contribution in [3.05, 3.63) is 24.0 Å². The molecule has 1 fully saturated rings. The maximum absolute atomic E-state index is 11.7. The summed E-state index contributed by atoms with van der Waals surface area (Å²) in [5.41, 5.74) is 0.223. The second-order valence-corrected chi connectivity index (χ2v) is 4.47. The van der Waals surface area contributed by atoms with E-state index in [1.165, 1.54) is 23.4 Å². The second kappa shape index (κ2) is 5.55. The minimum absolute atomic E-state index is 0.0283. The molecule has 1 aromatic rings. The highest BCUT2D eigenvalue weighted by atomic mass is 16.4. The molecule has 1 atom stereocenters. The molecule has 2 heterocycles. The zero-order valence-electron chi connectivity index (χ0n) is 10.8. The monoisotopic (exact) mass is 278 g/mol. The van der Waals surface area contributed by atoms with Crippen molar-refractivity contribution in [1.29, 1.82) is 0 Å². The number of aromatic carboxylic acids is 1. The molecule has 1 aliphatic rings. The minimum atomic E-state index is -1.13. The summed E-state index contributed by atoms with van der Waals surface area (Å²) in [7, 11) is 1.67. The molecule has 1 unspecified atom stereocenters. The number of likely N-dealkylation sites (N-methyl/N-ethyl adjacent to an activating group) is 1. The Morgan fingerprint density at radius 1 is 1.45 bits per heavy atom. The molecule has 2 rings (SSSR count). The average Bonchev–Trinajstić information content (AvgIpc) is 2.71. The van der Waals surface area contributed by atoms with Crippen LogP contribution < -0.4 is 10.6 Å². The Hall–Kier alpha value is -2.64. The summed E-state index contributed by atoms with van der Waals surface area (Å²) in [6, 6.07) is 0.177. The largest absolute Gasteiger partial charge is 0.478 e. The zero-order chi connectivity index (χ0) is 14.7. The highest BCUT2D eigenvalue weighted by molar-refractivity contribution is 5.95. The number of nitrogens with zero attached hydrogens (tertiary/aromatic N) is 2. The molecular weight excluding hydrogens is 264 g/mol. The van der Waals surface area contributed by atoms with Crippen LogP contribution in [0.5, 0.6) is 0 Å². The van der Waals surface area contributed by atoms with E-state index in [0.717, 1.165) is 0 Å². The molecule has 0 radical (unpaired) electrons. The van der Waals surface area contributed by atoms with Crippen LogP contribution in [-0.4, -0.2) is 52.5 Å². The van der Waals surface area contributed by atoms with Crippen LogP contribution in [0.2, 0.25) is 0 Å². The van der Waals surface area contributed by atoms with Gasteiger partial charge in [0.1, 0.15) is 6.04 Å². The van der Waals surface area contributed by atoms with E-state index in [1.807, 2.05) is 0 Å². The number of urea groups is 1. The number of carboxylic acids is 1. The molecule has 8 nitrogen and oxygen atoms in total. The van der Waals surface area contributed by atoms with Gasteiger partial charge in [-0.05, 0) is 12.5 Å². The normalized spacial score (nSPS) is 17.9. The highest BCUT2D eigenvalue weighted by Crippen LogP contribution is 2.10. The van der Waals surface area contributed by atoms with Crippen molar-refractivity contribution in [2.45, 2.75) is 12.5 Å². The number of aromatic nitrogens is 1. The molecule has 20 heavy (non-hydrogen) atoms. The maximum Gasteiger partial charge on any atom is 0.337 e. The van der Waals surface area contributed by atoms with Gasteiger partial charge in [-0.25, -0.2) is 9.59 Å². The summed E-state index contributed by atoms with van der Waals surface area (Å²) < 4.78 is 0. The number of amides is 3. The molecule has 0 aliphatic carbocycles. The van der Waals surface area contributed by atoms with Crippen LogP contribution in [0.4, 0.5) is 10.5 Å². The molecule has 3 N–H and O–H groups in total. The standard InChI is InChI=1S/C12H14N4O4/c1-16-3-2-9(10(16)17)15-12(20)14-8-4-7(11(18)19)5-13-6-8/h4-6,9H,2-3H2,1H3,(H,18,19)(H2,14,15,20). The predicted molar refractivity (Wildman–Crippen MR) is 69.4 cm³/mol. The molecule has 1 saturated heterocycles. The summed E-state index contributed by atoms with van der Waals surface area (Å²) in [6.07, 6.45) is 3.06. The molecule has 0 saturated carbocycles. The number of nitrogens with one attached hydrogen (secondary N) is 2. The molecular formula is C12H14N4O4. The summed E-state index contributed by atoms with van der Waals surface area (Å²) in [4.78, 5) is 39.4. The van der Waals surface area contributed by atoms with Gasteiger partial charge in [-0.1, -0.05) is 0 Å². The molecule has 0 aromatic carbocycles. The van der Waals surface area contributed by atoms with Crippen LogP contribution in [-0.2, 0) is 4.79 Å². The molecule has 8 heteroatoms. The van der Waals surface area contributed by atoms with Gasteiger partial charge < -0.3 is 20.6 Å². The lowest BCUT2D eigenvalue weighted by Crippen LogP contribution is -2.42. The first kappa shape index (κ1) is 13.8. The van der Waals surface area contributed by atoms with Gasteiger partial charge in [0.25, 0.3) is 0 Å². The number of carboxylic acid groups (broad SMARTS) is 1. The van der Waals surface area contributed by atoms with E-state index in [4.69, 9.17) is 5.11 Å². The Morgan fingerprint density at radius 3 is 2.80 bits per heavy atom. The van der Waals surface area contributed by atoms with Gasteiger partial charge >= 0.3 is 12.0 Å². The molecule has 3 amide bonds. The molecule has 0 spiro atoms. The first-order chi connectivity index (χ1) is 9.47. The SMILES string of the molecule is CN1CCC(NC(=O)Nc2cncc(C(=O)O)c2)C1=O. The number of hydrogen-bond acceptors (Lipinski definition) is 4. The van der Waals surface area contributed by atoms with Gasteiger partial charge in [-0.15, -0.1) is 0 Å². The summed E-state index contributed by atoms with van der Waals surface area (Å²) in [5.74, 6) is -1.27. The number of likely N-dealkylation sites (tertiary alicyclic amines) is 1. The van der Waals surface area contributed by atoms with Crippen molar-refractivity contribution in [3.8, 4) is 0 Å². The minimum Gasteiger partial charge on any atom is -0.478 e. The van der Waals surface area contributed by atoms with Crippen molar-refractivity contribution >= 4 is 23.6 Å². The number of pyridine rings is 1. The van der Waals surface area contributed by atoms with E-state index < -0.39 is 18.0 Å². The average molecular weight is 278 g/mol. The highest BCUT2D eigenvalue weighted by Gasteiger charge is 2.30. The van der Waals surface area contributed by atoms with Crippen molar-refractivity contribution in [2.24, 2.45) is 0 Å². The summed E-state index contributed by atoms with van der Waals surface area (Å²) >= 11 is 0. The van der Waals surface area contributed by atoms with Crippen molar-refractivity contribution < 1.29 is 19.5 Å². The topological polar surface area (TPSA) is 112 Å². The molecule has 0 bridgehead atoms. The van der Waals surface area contributed by atoms with E-state index >= 15 is 0 Å². The van der Waals surface area contributed by atoms with E-state index in [0.29, 0.717) is 13.0 Å². The third-order valence-electron chi connectivity index (χ3n) is 2.98. The Kier molecular flexibility index (Phi) is 3.83. The Bertz CT molecular complexity index is 560. The predicted octanol–water partition coefficient (Wildman–Crippen LogP) is 0.132. The van der Waals surface area contributed by atoms with Crippen molar-refractivity contribution in [2.75, 3.05) is 18.9 Å². The van der Waals surface area contributed by atoms with Gasteiger partial charge in [0, 0.05) is 19.8 Å². The first-order valence-electron chi connectivity index (χ1n) is 5.98. The first-order valence-corrected chi connectivity index (χ1v) is 5.98. The zero-order valence-corrected chi connectivity index (χ0v) is 10.8. The Balaban J connectivity index is 1.96. The van der Waals surface area contributed by atoms with Gasteiger partial charge in [-0.2, -0.15) is 0 Å². The number of hydrogen-bond donors (Lipinski definition) is 3. The second-order valence-electron chi connectivity index (χ2n) is 4.47. The number of rotatable bonds is 3. The van der Waals surface area contributed by atoms with Crippen LogP contribution in [0, 0.1) is 0 Å². The summed E-state index contributed by atoms with van der Waals surface area (Å²) in [6.45, 7) is 0.597.